The van der Waals surface area contributed by atoms with E-state index < -0.39 is 24.4 Å². The molecular formula is C22H40KNO4. The second-order valence-corrected chi connectivity index (χ2v) is 7.36. The molecule has 0 aromatic heterocycles. The predicted molar refractivity (Wildman–Crippen MR) is 109 cm³/mol. The van der Waals surface area contributed by atoms with E-state index in [1.807, 2.05) is 0 Å². The number of rotatable bonds is 20. The summed E-state index contributed by atoms with van der Waals surface area (Å²) >= 11 is 0. The molecule has 5 nitrogen and oxygen atoms in total. The Bertz CT molecular complexity index is 402. The van der Waals surface area contributed by atoms with Gasteiger partial charge in [-0.25, -0.2) is 0 Å². The van der Waals surface area contributed by atoms with Crippen LogP contribution < -0.4 is 61.8 Å². The van der Waals surface area contributed by atoms with Gasteiger partial charge < -0.3 is 20.3 Å². The van der Waals surface area contributed by atoms with Gasteiger partial charge in [0.25, 0.3) is 0 Å². The molecule has 0 aromatic carbocycles. The number of carbonyl (C=O) groups excluding carboxylic acids is 1. The molecule has 158 valence electrons. The van der Waals surface area contributed by atoms with Crippen molar-refractivity contribution in [1.82, 2.24) is 5.32 Å². The van der Waals surface area contributed by atoms with Gasteiger partial charge in [0.2, 0.25) is 0 Å². The number of carboxylic acid groups (broad SMARTS) is 2. The number of aliphatic carboxylic acids is 2. The van der Waals surface area contributed by atoms with Gasteiger partial charge >= 0.3 is 57.4 Å². The fourth-order valence-corrected chi connectivity index (χ4v) is 3.06. The zero-order valence-electron chi connectivity index (χ0n) is 18.2. The average molecular weight is 422 g/mol. The van der Waals surface area contributed by atoms with E-state index in [0.717, 1.165) is 19.3 Å². The Morgan fingerprint density at radius 1 is 0.857 bits per heavy atom. The van der Waals surface area contributed by atoms with Crippen molar-refractivity contribution in [2.75, 3.05) is 6.54 Å². The Balaban J connectivity index is 0. The van der Waals surface area contributed by atoms with E-state index in [0.29, 0.717) is 6.54 Å². The van der Waals surface area contributed by atoms with Gasteiger partial charge in [0.15, 0.2) is 0 Å². The summed E-state index contributed by atoms with van der Waals surface area (Å²) in [7, 11) is 0. The van der Waals surface area contributed by atoms with Crippen LogP contribution in [0.15, 0.2) is 12.2 Å². The quantitative estimate of drug-likeness (QED) is 0.175. The van der Waals surface area contributed by atoms with Crippen molar-refractivity contribution in [2.45, 2.75) is 109 Å². The number of hydrogen-bond donors (Lipinski definition) is 2. The maximum atomic E-state index is 10.8. The Hall–Kier alpha value is 0.276. The molecule has 0 bridgehead atoms. The average Bonchev–Trinajstić information content (AvgIpc) is 2.62. The van der Waals surface area contributed by atoms with Crippen LogP contribution in [0, 0.1) is 0 Å². The molecule has 0 saturated carbocycles. The van der Waals surface area contributed by atoms with Gasteiger partial charge in [-0.3, -0.25) is 4.79 Å². The molecule has 0 saturated heterocycles. The molecule has 0 radical (unpaired) electrons. The number of nitrogens with one attached hydrogen (secondary N) is 1. The van der Waals surface area contributed by atoms with Gasteiger partial charge in [0.05, 0.1) is 18.4 Å². The smallest absolute Gasteiger partial charge is 0.548 e. The van der Waals surface area contributed by atoms with Gasteiger partial charge in [-0.15, -0.1) is 0 Å². The molecular weight excluding hydrogens is 381 g/mol. The molecule has 1 atom stereocenters. The number of carbonyl (C=O) groups is 2. The topological polar surface area (TPSA) is 89.5 Å². The van der Waals surface area contributed by atoms with Crippen molar-refractivity contribution in [3.63, 3.8) is 0 Å². The molecule has 6 heteroatoms. The predicted octanol–water partition coefficient (Wildman–Crippen LogP) is 1.21. The molecule has 0 aliphatic heterocycles. The molecule has 28 heavy (non-hydrogen) atoms. The summed E-state index contributed by atoms with van der Waals surface area (Å²) in [5.41, 5.74) is 0. The summed E-state index contributed by atoms with van der Waals surface area (Å²) in [6, 6.07) is -1.09. The first-order chi connectivity index (χ1) is 13.1. The molecule has 0 aliphatic carbocycles. The normalized spacial score (nSPS) is 12.0. The zero-order chi connectivity index (χ0) is 20.2. The minimum atomic E-state index is -1.35. The second-order valence-electron chi connectivity index (χ2n) is 7.36. The number of unbranched alkanes of at least 4 members (excludes halogenated alkanes) is 12. The molecule has 0 spiro atoms. The molecule has 0 rings (SSSR count). The summed E-state index contributed by atoms with van der Waals surface area (Å²) in [5.74, 6) is -2.47. The number of hydrogen-bond acceptors (Lipinski definition) is 4. The zero-order valence-corrected chi connectivity index (χ0v) is 21.3. The van der Waals surface area contributed by atoms with Crippen LogP contribution in [-0.2, 0) is 9.59 Å². The molecule has 0 aliphatic rings. The number of allylic oxidation sites excluding steroid dienone is 2. The Morgan fingerprint density at radius 3 is 1.79 bits per heavy atom. The largest absolute Gasteiger partial charge is 1.00 e. The summed E-state index contributed by atoms with van der Waals surface area (Å²) in [6.45, 7) is 2.77. The Morgan fingerprint density at radius 2 is 1.32 bits per heavy atom. The first-order valence-electron chi connectivity index (χ1n) is 10.9. The molecule has 2 N–H and O–H groups in total. The molecule has 0 amide bonds. The first-order valence-corrected chi connectivity index (χ1v) is 10.9. The molecule has 0 heterocycles. The maximum absolute atomic E-state index is 10.8. The maximum Gasteiger partial charge on any atom is 1.00 e. The van der Waals surface area contributed by atoms with Crippen LogP contribution in [0.3, 0.4) is 0 Å². The minimum absolute atomic E-state index is 0. The van der Waals surface area contributed by atoms with Gasteiger partial charge in [0.1, 0.15) is 0 Å². The van der Waals surface area contributed by atoms with Crippen LogP contribution in [0.25, 0.3) is 0 Å². The monoisotopic (exact) mass is 421 g/mol. The molecule has 0 fully saturated rings. The van der Waals surface area contributed by atoms with Gasteiger partial charge in [0, 0.05) is 0 Å². The van der Waals surface area contributed by atoms with Crippen LogP contribution in [0.2, 0.25) is 0 Å². The summed E-state index contributed by atoms with van der Waals surface area (Å²) < 4.78 is 0. The Kier molecular flexibility index (Phi) is 25.6. The van der Waals surface area contributed by atoms with Crippen molar-refractivity contribution in [3.05, 3.63) is 12.2 Å². The summed E-state index contributed by atoms with van der Waals surface area (Å²) in [6.07, 6.45) is 21.4. The molecule has 0 unspecified atom stereocenters. The van der Waals surface area contributed by atoms with Crippen molar-refractivity contribution in [2.24, 2.45) is 0 Å². The first kappa shape index (κ1) is 30.5. The van der Waals surface area contributed by atoms with E-state index in [9.17, 15) is 14.7 Å². The van der Waals surface area contributed by atoms with Crippen molar-refractivity contribution in [3.8, 4) is 0 Å². The summed E-state index contributed by atoms with van der Waals surface area (Å²) in [5, 5.41) is 22.2. The van der Waals surface area contributed by atoms with Crippen LogP contribution >= 0.6 is 0 Å². The fraction of sp³-hybridized carbons (Fsp3) is 0.818. The van der Waals surface area contributed by atoms with Crippen molar-refractivity contribution in [1.29, 1.82) is 0 Å². The SMILES string of the molecule is CCCCCCCC/C=C\CCCCCCCCN[C@@H](CC(=O)O)C(=O)[O-].[K+]. The van der Waals surface area contributed by atoms with E-state index in [2.05, 4.69) is 24.4 Å². The van der Waals surface area contributed by atoms with Crippen LogP contribution in [0.4, 0.5) is 0 Å². The van der Waals surface area contributed by atoms with E-state index in [-0.39, 0.29) is 51.4 Å². The second kappa shape index (κ2) is 23.6. The third-order valence-electron chi connectivity index (χ3n) is 4.74. The van der Waals surface area contributed by atoms with E-state index in [4.69, 9.17) is 5.11 Å². The minimum Gasteiger partial charge on any atom is -0.548 e. The van der Waals surface area contributed by atoms with E-state index >= 15 is 0 Å². The van der Waals surface area contributed by atoms with Crippen LogP contribution in [0.1, 0.15) is 103 Å². The summed E-state index contributed by atoms with van der Waals surface area (Å²) in [4.78, 5) is 21.4. The Labute approximate surface area is 214 Å². The van der Waals surface area contributed by atoms with E-state index in [1.54, 1.807) is 0 Å². The standard InChI is InChI=1S/C22H41NO4.K/c1-2-3-4-5-6-7-8-9-10-11-12-13-14-15-16-17-18-23-20(22(26)27)19-21(24)25;/h9-10,20,23H,2-8,11-19H2,1H3,(H,24,25)(H,26,27);/q;+1/p-1/b10-9-;/t20-;/m0./s1. The van der Waals surface area contributed by atoms with Crippen LogP contribution in [-0.4, -0.2) is 29.6 Å². The fourth-order valence-electron chi connectivity index (χ4n) is 3.06. The van der Waals surface area contributed by atoms with Crippen molar-refractivity contribution < 1.29 is 71.2 Å². The van der Waals surface area contributed by atoms with Gasteiger partial charge in [-0.1, -0.05) is 76.9 Å². The third kappa shape index (κ3) is 22.6. The van der Waals surface area contributed by atoms with E-state index in [1.165, 1.54) is 70.6 Å². The van der Waals surface area contributed by atoms with Gasteiger partial charge in [-0.05, 0) is 38.6 Å². The molecule has 0 aromatic rings. The van der Waals surface area contributed by atoms with Gasteiger partial charge in [-0.2, -0.15) is 0 Å². The third-order valence-corrected chi connectivity index (χ3v) is 4.74. The number of carboxylic acids is 2. The van der Waals surface area contributed by atoms with Crippen molar-refractivity contribution >= 4 is 11.9 Å². The van der Waals surface area contributed by atoms with Crippen LogP contribution in [0.5, 0.6) is 0 Å².